The van der Waals surface area contributed by atoms with Crippen molar-refractivity contribution in [3.05, 3.63) is 41.2 Å². The molecular formula is C15H18N4O2. The lowest BCUT2D eigenvalue weighted by Gasteiger charge is -2.28. The number of fused-ring (bicyclic) bond motifs is 1. The van der Waals surface area contributed by atoms with Gasteiger partial charge in [0.05, 0.1) is 12.8 Å². The minimum Gasteiger partial charge on any atom is -0.507 e. The fraction of sp³-hybridized carbons (Fsp3) is 0.333. The summed E-state index contributed by atoms with van der Waals surface area (Å²) in [4.78, 5) is 10.6. The molecule has 0 saturated heterocycles. The minimum absolute atomic E-state index is 0.258. The number of aromatic nitrogens is 2. The van der Waals surface area contributed by atoms with Gasteiger partial charge in [0, 0.05) is 49.4 Å². The molecular weight excluding hydrogens is 268 g/mol. The van der Waals surface area contributed by atoms with E-state index in [0.717, 1.165) is 36.3 Å². The summed E-state index contributed by atoms with van der Waals surface area (Å²) in [5.41, 5.74) is 8.62. The summed E-state index contributed by atoms with van der Waals surface area (Å²) in [7, 11) is 1.59. The highest BCUT2D eigenvalue weighted by molar-refractivity contribution is 5.39. The van der Waals surface area contributed by atoms with E-state index in [4.69, 9.17) is 10.5 Å². The van der Waals surface area contributed by atoms with Crippen LogP contribution in [0.2, 0.25) is 0 Å². The van der Waals surface area contributed by atoms with E-state index in [0.29, 0.717) is 18.2 Å². The Bertz CT molecular complexity index is 660. The second-order valence-electron chi connectivity index (χ2n) is 5.16. The molecule has 0 amide bonds. The fourth-order valence-corrected chi connectivity index (χ4v) is 2.57. The molecule has 6 heteroatoms. The summed E-state index contributed by atoms with van der Waals surface area (Å²) in [6, 6.07) is 5.39. The maximum atomic E-state index is 10.0. The van der Waals surface area contributed by atoms with E-state index < -0.39 is 0 Å². The van der Waals surface area contributed by atoms with Crippen LogP contribution in [0.15, 0.2) is 24.4 Å². The van der Waals surface area contributed by atoms with Crippen LogP contribution in [0.3, 0.4) is 0 Å². The van der Waals surface area contributed by atoms with E-state index >= 15 is 0 Å². The number of nitrogen functional groups attached to an aromatic ring is 1. The molecule has 2 heterocycles. The normalized spacial score (nSPS) is 14.7. The Kier molecular flexibility index (Phi) is 3.62. The average molecular weight is 286 g/mol. The zero-order valence-corrected chi connectivity index (χ0v) is 11.9. The third-order valence-corrected chi connectivity index (χ3v) is 3.72. The number of phenols is 1. The molecule has 1 aliphatic heterocycles. The van der Waals surface area contributed by atoms with E-state index in [1.807, 2.05) is 12.1 Å². The van der Waals surface area contributed by atoms with E-state index in [2.05, 4.69) is 14.9 Å². The summed E-state index contributed by atoms with van der Waals surface area (Å²) >= 11 is 0. The van der Waals surface area contributed by atoms with Crippen LogP contribution in [0, 0.1) is 0 Å². The van der Waals surface area contributed by atoms with Gasteiger partial charge >= 0.3 is 0 Å². The van der Waals surface area contributed by atoms with Crippen LogP contribution in [0.4, 0.5) is 5.95 Å². The Labute approximate surface area is 123 Å². The van der Waals surface area contributed by atoms with E-state index in [9.17, 15) is 5.11 Å². The third kappa shape index (κ3) is 2.90. The fourth-order valence-electron chi connectivity index (χ4n) is 2.57. The second kappa shape index (κ2) is 5.57. The number of rotatable bonds is 3. The Morgan fingerprint density at radius 2 is 2.29 bits per heavy atom. The van der Waals surface area contributed by atoms with Crippen molar-refractivity contribution in [2.24, 2.45) is 0 Å². The lowest BCUT2D eigenvalue weighted by molar-refractivity contribution is 0.239. The number of nitrogens with zero attached hydrogens (tertiary/aromatic N) is 3. The van der Waals surface area contributed by atoms with Gasteiger partial charge in [-0.1, -0.05) is 6.07 Å². The molecule has 0 spiro atoms. The van der Waals surface area contributed by atoms with Gasteiger partial charge in [0.25, 0.3) is 0 Å². The SMILES string of the molecule is COc1ccc(CN2CCc3nc(N)ncc3C2)c(O)c1. The molecule has 1 aromatic carbocycles. The van der Waals surface area contributed by atoms with Crippen molar-refractivity contribution in [2.45, 2.75) is 19.5 Å². The average Bonchev–Trinajstić information content (AvgIpc) is 2.49. The van der Waals surface area contributed by atoms with Gasteiger partial charge in [-0.15, -0.1) is 0 Å². The summed E-state index contributed by atoms with van der Waals surface area (Å²) in [5, 5.41) is 10.0. The number of ether oxygens (including phenoxy) is 1. The van der Waals surface area contributed by atoms with Crippen molar-refractivity contribution in [1.29, 1.82) is 0 Å². The van der Waals surface area contributed by atoms with Crippen molar-refractivity contribution in [2.75, 3.05) is 19.4 Å². The first-order valence-corrected chi connectivity index (χ1v) is 6.84. The van der Waals surface area contributed by atoms with Crippen LogP contribution in [0.25, 0.3) is 0 Å². The largest absolute Gasteiger partial charge is 0.507 e. The maximum Gasteiger partial charge on any atom is 0.220 e. The molecule has 0 atom stereocenters. The first kappa shape index (κ1) is 13.6. The van der Waals surface area contributed by atoms with Gasteiger partial charge in [-0.3, -0.25) is 4.90 Å². The number of anilines is 1. The Balaban J connectivity index is 1.74. The molecule has 21 heavy (non-hydrogen) atoms. The molecule has 1 aromatic heterocycles. The van der Waals surface area contributed by atoms with Crippen molar-refractivity contribution < 1.29 is 9.84 Å². The topological polar surface area (TPSA) is 84.5 Å². The maximum absolute atomic E-state index is 10.0. The number of aromatic hydroxyl groups is 1. The Morgan fingerprint density at radius 1 is 1.43 bits per heavy atom. The van der Waals surface area contributed by atoms with Crippen molar-refractivity contribution in [3.63, 3.8) is 0 Å². The Morgan fingerprint density at radius 3 is 3.05 bits per heavy atom. The van der Waals surface area contributed by atoms with Crippen LogP contribution >= 0.6 is 0 Å². The highest BCUT2D eigenvalue weighted by Gasteiger charge is 2.19. The van der Waals surface area contributed by atoms with Gasteiger partial charge in [-0.2, -0.15) is 0 Å². The summed E-state index contributed by atoms with van der Waals surface area (Å²) < 4.78 is 5.10. The molecule has 6 nitrogen and oxygen atoms in total. The van der Waals surface area contributed by atoms with Gasteiger partial charge in [0.15, 0.2) is 0 Å². The van der Waals surface area contributed by atoms with Gasteiger partial charge in [-0.25, -0.2) is 9.97 Å². The molecule has 2 aromatic rings. The standard InChI is InChI=1S/C15H18N4O2/c1-21-12-3-2-10(14(20)6-12)8-19-5-4-13-11(9-19)7-17-15(16)18-13/h2-3,6-7,20H,4-5,8-9H2,1H3,(H2,16,17,18). The third-order valence-electron chi connectivity index (χ3n) is 3.72. The number of benzene rings is 1. The number of nitrogens with two attached hydrogens (primary N) is 1. The van der Waals surface area contributed by atoms with Crippen molar-refractivity contribution >= 4 is 5.95 Å². The highest BCUT2D eigenvalue weighted by atomic mass is 16.5. The molecule has 0 radical (unpaired) electrons. The zero-order valence-electron chi connectivity index (χ0n) is 11.9. The lowest BCUT2D eigenvalue weighted by Crippen LogP contribution is -2.31. The van der Waals surface area contributed by atoms with Gasteiger partial charge in [0.1, 0.15) is 11.5 Å². The van der Waals surface area contributed by atoms with Crippen LogP contribution in [-0.2, 0) is 19.5 Å². The predicted octanol–water partition coefficient (Wildman–Crippen LogP) is 1.33. The molecule has 3 rings (SSSR count). The van der Waals surface area contributed by atoms with E-state index in [1.165, 1.54) is 0 Å². The van der Waals surface area contributed by atoms with Crippen LogP contribution in [0.5, 0.6) is 11.5 Å². The summed E-state index contributed by atoms with van der Waals surface area (Å²) in [6.45, 7) is 2.33. The van der Waals surface area contributed by atoms with Crippen LogP contribution < -0.4 is 10.5 Å². The second-order valence-corrected chi connectivity index (χ2v) is 5.16. The highest BCUT2D eigenvalue weighted by Crippen LogP contribution is 2.26. The lowest BCUT2D eigenvalue weighted by atomic mass is 10.1. The molecule has 3 N–H and O–H groups in total. The monoisotopic (exact) mass is 286 g/mol. The van der Waals surface area contributed by atoms with Gasteiger partial charge in [0.2, 0.25) is 5.95 Å². The van der Waals surface area contributed by atoms with Crippen LogP contribution in [-0.4, -0.2) is 33.6 Å². The summed E-state index contributed by atoms with van der Waals surface area (Å²) in [6.07, 6.45) is 2.64. The molecule has 1 aliphatic rings. The zero-order chi connectivity index (χ0) is 14.8. The van der Waals surface area contributed by atoms with Crippen molar-refractivity contribution in [3.8, 4) is 11.5 Å². The molecule has 0 unspecified atom stereocenters. The van der Waals surface area contributed by atoms with Crippen molar-refractivity contribution in [1.82, 2.24) is 14.9 Å². The number of hydrogen-bond acceptors (Lipinski definition) is 6. The minimum atomic E-state index is 0.258. The molecule has 0 fully saturated rings. The molecule has 0 bridgehead atoms. The molecule has 0 saturated carbocycles. The number of hydrogen-bond donors (Lipinski definition) is 2. The predicted molar refractivity (Wildman–Crippen MR) is 78.9 cm³/mol. The number of phenolic OH excluding ortho intramolecular Hbond substituents is 1. The van der Waals surface area contributed by atoms with Gasteiger partial charge in [-0.05, 0) is 6.07 Å². The smallest absolute Gasteiger partial charge is 0.220 e. The Hall–Kier alpha value is -2.34. The first-order chi connectivity index (χ1) is 10.2. The van der Waals surface area contributed by atoms with E-state index in [-0.39, 0.29) is 5.75 Å². The quantitative estimate of drug-likeness (QED) is 0.885. The summed E-state index contributed by atoms with van der Waals surface area (Å²) in [5.74, 6) is 1.24. The molecule has 110 valence electrons. The van der Waals surface area contributed by atoms with Crippen LogP contribution in [0.1, 0.15) is 16.8 Å². The van der Waals surface area contributed by atoms with Gasteiger partial charge < -0.3 is 15.6 Å². The first-order valence-electron chi connectivity index (χ1n) is 6.84. The number of methoxy groups -OCH3 is 1. The molecule has 0 aliphatic carbocycles. The van der Waals surface area contributed by atoms with E-state index in [1.54, 1.807) is 19.4 Å².